The Labute approximate surface area is 93.7 Å². The van der Waals surface area contributed by atoms with Crippen LogP contribution in [0.2, 0.25) is 0 Å². The number of hydrogen-bond donors (Lipinski definition) is 1. The van der Waals surface area contributed by atoms with Crippen LogP contribution in [0.5, 0.6) is 0 Å². The zero-order valence-electron chi connectivity index (χ0n) is 8.61. The van der Waals surface area contributed by atoms with E-state index in [1.165, 1.54) is 12.0 Å². The average molecular weight is 221 g/mol. The molecule has 0 aliphatic heterocycles. The summed E-state index contributed by atoms with van der Waals surface area (Å²) in [4.78, 5) is 11.8. The van der Waals surface area contributed by atoms with Gasteiger partial charge in [0.15, 0.2) is 0 Å². The molecular formula is C12H15NOS. The van der Waals surface area contributed by atoms with Gasteiger partial charge in [-0.05, 0) is 53.5 Å². The first-order chi connectivity index (χ1) is 7.33. The minimum absolute atomic E-state index is 0.272. The largest absolute Gasteiger partial charge is 0.352 e. The lowest BCUT2D eigenvalue weighted by Gasteiger charge is -2.11. The van der Waals surface area contributed by atoms with Crippen molar-refractivity contribution in [3.63, 3.8) is 0 Å². The number of fused-ring (bicyclic) bond motifs is 1. The summed E-state index contributed by atoms with van der Waals surface area (Å²) >= 11 is 1.68. The second-order valence-electron chi connectivity index (χ2n) is 4.77. The molecule has 2 saturated carbocycles. The minimum Gasteiger partial charge on any atom is -0.352 e. The number of amides is 1. The van der Waals surface area contributed by atoms with Gasteiger partial charge in [0.05, 0.1) is 0 Å². The highest BCUT2D eigenvalue weighted by molar-refractivity contribution is 7.07. The second kappa shape index (κ2) is 3.63. The van der Waals surface area contributed by atoms with E-state index in [9.17, 15) is 4.79 Å². The van der Waals surface area contributed by atoms with Crippen LogP contribution in [0.1, 0.15) is 24.8 Å². The Kier molecular flexibility index (Phi) is 2.28. The molecule has 1 aromatic heterocycles. The van der Waals surface area contributed by atoms with E-state index in [-0.39, 0.29) is 5.91 Å². The van der Waals surface area contributed by atoms with Gasteiger partial charge in [-0.1, -0.05) is 0 Å². The van der Waals surface area contributed by atoms with Gasteiger partial charge in [0.2, 0.25) is 5.91 Å². The van der Waals surface area contributed by atoms with E-state index in [4.69, 9.17) is 0 Å². The van der Waals surface area contributed by atoms with Crippen molar-refractivity contribution in [1.82, 2.24) is 5.32 Å². The molecule has 1 N–H and O–H groups in total. The van der Waals surface area contributed by atoms with Gasteiger partial charge < -0.3 is 5.32 Å². The highest BCUT2D eigenvalue weighted by Crippen LogP contribution is 2.54. The van der Waals surface area contributed by atoms with Crippen LogP contribution in [0.25, 0.3) is 0 Å². The van der Waals surface area contributed by atoms with Gasteiger partial charge in [-0.25, -0.2) is 0 Å². The van der Waals surface area contributed by atoms with E-state index >= 15 is 0 Å². The van der Waals surface area contributed by atoms with Gasteiger partial charge in [-0.15, -0.1) is 0 Å². The number of nitrogens with one attached hydrogen (secondary N) is 1. The Morgan fingerprint density at radius 2 is 2.20 bits per heavy atom. The van der Waals surface area contributed by atoms with Gasteiger partial charge in [-0.2, -0.15) is 11.3 Å². The normalized spacial score (nSPS) is 32.4. The molecule has 0 spiro atoms. The van der Waals surface area contributed by atoms with Crippen molar-refractivity contribution in [2.24, 2.45) is 17.8 Å². The molecule has 2 atom stereocenters. The quantitative estimate of drug-likeness (QED) is 0.834. The van der Waals surface area contributed by atoms with Gasteiger partial charge in [0, 0.05) is 12.5 Å². The molecule has 1 amide bonds. The third kappa shape index (κ3) is 1.93. The lowest BCUT2D eigenvalue weighted by atomic mass is 10.0. The molecule has 3 rings (SSSR count). The Hall–Kier alpha value is -0.830. The summed E-state index contributed by atoms with van der Waals surface area (Å²) in [5, 5.41) is 7.17. The molecule has 2 aliphatic rings. The Balaban J connectivity index is 1.49. The summed E-state index contributed by atoms with van der Waals surface area (Å²) in [5.41, 5.74) is 1.22. The molecule has 2 nitrogen and oxygen atoms in total. The molecule has 1 aromatic rings. The van der Waals surface area contributed by atoms with Gasteiger partial charge in [-0.3, -0.25) is 4.79 Å². The molecule has 2 fully saturated rings. The van der Waals surface area contributed by atoms with Crippen LogP contribution in [-0.4, -0.2) is 5.91 Å². The molecule has 80 valence electrons. The van der Waals surface area contributed by atoms with Crippen LogP contribution in [-0.2, 0) is 11.3 Å². The van der Waals surface area contributed by atoms with E-state index in [1.807, 2.05) is 5.38 Å². The molecule has 3 heteroatoms. The maximum atomic E-state index is 11.8. The first kappa shape index (κ1) is 9.40. The van der Waals surface area contributed by atoms with Crippen molar-refractivity contribution in [1.29, 1.82) is 0 Å². The third-order valence-electron chi connectivity index (χ3n) is 3.66. The molecule has 15 heavy (non-hydrogen) atoms. The summed E-state index contributed by atoms with van der Waals surface area (Å²) in [6, 6.07) is 2.07. The predicted octanol–water partition coefficient (Wildman–Crippen LogP) is 2.41. The topological polar surface area (TPSA) is 29.1 Å². The molecule has 0 aromatic carbocycles. The number of thiophene rings is 1. The summed E-state index contributed by atoms with van der Waals surface area (Å²) in [6.07, 6.45) is 3.66. The first-order valence-corrected chi connectivity index (χ1v) is 6.56. The SMILES string of the molecule is O=C(NCc1ccsc1)C1CC2CC2C1. The summed E-state index contributed by atoms with van der Waals surface area (Å²) in [5.74, 6) is 2.37. The van der Waals surface area contributed by atoms with Crippen molar-refractivity contribution in [2.45, 2.75) is 25.8 Å². The highest BCUT2D eigenvalue weighted by Gasteiger charge is 2.47. The Morgan fingerprint density at radius 1 is 1.40 bits per heavy atom. The average Bonchev–Trinajstić information content (AvgIpc) is 2.75. The molecule has 2 aliphatic carbocycles. The van der Waals surface area contributed by atoms with Crippen LogP contribution in [0.3, 0.4) is 0 Å². The maximum absolute atomic E-state index is 11.8. The van der Waals surface area contributed by atoms with Crippen molar-refractivity contribution in [2.75, 3.05) is 0 Å². The van der Waals surface area contributed by atoms with Gasteiger partial charge in [0.25, 0.3) is 0 Å². The molecule has 0 saturated heterocycles. The zero-order valence-corrected chi connectivity index (χ0v) is 9.43. The van der Waals surface area contributed by atoms with Crippen molar-refractivity contribution >= 4 is 17.2 Å². The Morgan fingerprint density at radius 3 is 2.87 bits per heavy atom. The smallest absolute Gasteiger partial charge is 0.223 e. The number of carbonyl (C=O) groups is 1. The number of carbonyl (C=O) groups excluding carboxylic acids is 1. The van der Waals surface area contributed by atoms with E-state index < -0.39 is 0 Å². The standard InChI is InChI=1S/C12H15NOS/c14-12(11-4-9-3-10(9)5-11)13-6-8-1-2-15-7-8/h1-2,7,9-11H,3-6H2,(H,13,14). The van der Waals surface area contributed by atoms with Gasteiger partial charge >= 0.3 is 0 Å². The van der Waals surface area contributed by atoms with E-state index in [0.717, 1.165) is 24.7 Å². The maximum Gasteiger partial charge on any atom is 0.223 e. The molecule has 0 radical (unpaired) electrons. The van der Waals surface area contributed by atoms with Crippen LogP contribution in [0.15, 0.2) is 16.8 Å². The monoisotopic (exact) mass is 221 g/mol. The fourth-order valence-corrected chi connectivity index (χ4v) is 3.32. The van der Waals surface area contributed by atoms with E-state index in [1.54, 1.807) is 11.3 Å². The van der Waals surface area contributed by atoms with Crippen molar-refractivity contribution in [3.8, 4) is 0 Å². The number of hydrogen-bond acceptors (Lipinski definition) is 2. The van der Waals surface area contributed by atoms with E-state index in [2.05, 4.69) is 16.8 Å². The first-order valence-electron chi connectivity index (χ1n) is 5.61. The lowest BCUT2D eigenvalue weighted by molar-refractivity contribution is -0.125. The van der Waals surface area contributed by atoms with Crippen LogP contribution in [0.4, 0.5) is 0 Å². The molecular weight excluding hydrogens is 206 g/mol. The lowest BCUT2D eigenvalue weighted by Crippen LogP contribution is -2.29. The van der Waals surface area contributed by atoms with Crippen LogP contribution >= 0.6 is 11.3 Å². The summed E-state index contributed by atoms with van der Waals surface area (Å²) in [7, 11) is 0. The summed E-state index contributed by atoms with van der Waals surface area (Å²) in [6.45, 7) is 0.703. The van der Waals surface area contributed by atoms with E-state index in [0.29, 0.717) is 12.5 Å². The van der Waals surface area contributed by atoms with Crippen LogP contribution in [0, 0.1) is 17.8 Å². The fraction of sp³-hybridized carbons (Fsp3) is 0.583. The highest BCUT2D eigenvalue weighted by atomic mass is 32.1. The van der Waals surface area contributed by atoms with Crippen molar-refractivity contribution < 1.29 is 4.79 Å². The Bertz CT molecular complexity index is 350. The molecule has 0 bridgehead atoms. The predicted molar refractivity (Wildman–Crippen MR) is 60.5 cm³/mol. The van der Waals surface area contributed by atoms with Crippen LogP contribution < -0.4 is 5.32 Å². The minimum atomic E-state index is 0.272. The summed E-state index contributed by atoms with van der Waals surface area (Å²) < 4.78 is 0. The third-order valence-corrected chi connectivity index (χ3v) is 4.39. The fourth-order valence-electron chi connectivity index (χ4n) is 2.66. The van der Waals surface area contributed by atoms with Crippen molar-refractivity contribution in [3.05, 3.63) is 22.4 Å². The number of rotatable bonds is 3. The second-order valence-corrected chi connectivity index (χ2v) is 5.55. The van der Waals surface area contributed by atoms with Gasteiger partial charge in [0.1, 0.15) is 0 Å². The zero-order chi connectivity index (χ0) is 10.3. The molecule has 1 heterocycles. The molecule has 2 unspecified atom stereocenters.